The second-order valence-electron chi connectivity index (χ2n) is 5.56. The third kappa shape index (κ3) is 4.44. The van der Waals surface area contributed by atoms with E-state index in [2.05, 4.69) is 17.6 Å². The summed E-state index contributed by atoms with van der Waals surface area (Å²) in [4.78, 5) is 12.0. The first-order valence-electron chi connectivity index (χ1n) is 7.53. The van der Waals surface area contributed by atoms with Gasteiger partial charge in [0.1, 0.15) is 5.75 Å². The molecule has 0 saturated carbocycles. The summed E-state index contributed by atoms with van der Waals surface area (Å²) >= 11 is 0. The van der Waals surface area contributed by atoms with Crippen molar-refractivity contribution >= 4 is 5.91 Å². The Morgan fingerprint density at radius 3 is 2.71 bits per heavy atom. The fourth-order valence-electron chi connectivity index (χ4n) is 2.25. The van der Waals surface area contributed by atoms with Crippen LogP contribution in [0.2, 0.25) is 0 Å². The summed E-state index contributed by atoms with van der Waals surface area (Å²) in [7, 11) is 0. The number of benzene rings is 1. The number of β-amino-alcohol motifs (C(OH)–C–C–N with tert-alkyl or cyclic N) is 1. The zero-order chi connectivity index (χ0) is 15.2. The number of rotatable bonds is 6. The van der Waals surface area contributed by atoms with Gasteiger partial charge in [-0.2, -0.15) is 0 Å². The average Bonchev–Trinajstić information content (AvgIpc) is 2.90. The van der Waals surface area contributed by atoms with Gasteiger partial charge in [-0.3, -0.25) is 4.79 Å². The van der Waals surface area contributed by atoms with Gasteiger partial charge in [-0.1, -0.05) is 6.92 Å². The highest BCUT2D eigenvalue weighted by Crippen LogP contribution is 2.15. The van der Waals surface area contributed by atoms with Crippen molar-refractivity contribution < 1.29 is 14.6 Å². The van der Waals surface area contributed by atoms with E-state index in [0.29, 0.717) is 18.7 Å². The molecule has 1 saturated heterocycles. The predicted molar refractivity (Wildman–Crippen MR) is 81.5 cm³/mol. The van der Waals surface area contributed by atoms with Crippen molar-refractivity contribution in [3.05, 3.63) is 29.8 Å². The monoisotopic (exact) mass is 292 g/mol. The highest BCUT2D eigenvalue weighted by Gasteiger charge is 2.25. The Morgan fingerprint density at radius 1 is 1.43 bits per heavy atom. The van der Waals surface area contributed by atoms with Crippen molar-refractivity contribution in [3.63, 3.8) is 0 Å². The lowest BCUT2D eigenvalue weighted by Gasteiger charge is -2.15. The Kier molecular flexibility index (Phi) is 5.59. The number of hydrogen-bond acceptors (Lipinski definition) is 4. The molecular formula is C16H24N2O3. The number of ether oxygens (including phenoxy) is 1. The molecule has 1 fully saturated rings. The lowest BCUT2D eigenvalue weighted by Crippen LogP contribution is -2.34. The zero-order valence-electron chi connectivity index (χ0n) is 12.6. The standard InChI is InChI=1S/C16H24N2O3/c1-3-11(2)21-14-6-4-12(5-7-14)16(20)18-9-13-8-17-10-15(13)19/h4-7,11,13,15,17,19H,3,8-10H2,1-2H3,(H,18,20). The lowest BCUT2D eigenvalue weighted by molar-refractivity contribution is 0.0927. The van der Waals surface area contributed by atoms with Gasteiger partial charge >= 0.3 is 0 Å². The highest BCUT2D eigenvalue weighted by atomic mass is 16.5. The van der Waals surface area contributed by atoms with Crippen LogP contribution in [0.4, 0.5) is 0 Å². The molecule has 1 aliphatic heterocycles. The number of hydrogen-bond donors (Lipinski definition) is 3. The minimum Gasteiger partial charge on any atom is -0.491 e. The minimum atomic E-state index is -0.378. The Hall–Kier alpha value is -1.59. The van der Waals surface area contributed by atoms with Gasteiger partial charge in [0, 0.05) is 31.1 Å². The maximum Gasteiger partial charge on any atom is 0.251 e. The Balaban J connectivity index is 1.84. The maximum absolute atomic E-state index is 12.0. The van der Waals surface area contributed by atoms with E-state index in [1.54, 1.807) is 12.1 Å². The molecule has 5 heteroatoms. The van der Waals surface area contributed by atoms with Crippen molar-refractivity contribution in [2.75, 3.05) is 19.6 Å². The third-order valence-corrected chi connectivity index (χ3v) is 3.86. The Morgan fingerprint density at radius 2 is 2.14 bits per heavy atom. The summed E-state index contributed by atoms with van der Waals surface area (Å²) in [6.45, 7) is 5.91. The molecule has 1 aromatic carbocycles. The molecular weight excluding hydrogens is 268 g/mol. The molecule has 1 heterocycles. The summed E-state index contributed by atoms with van der Waals surface area (Å²) in [5, 5.41) is 15.6. The van der Waals surface area contributed by atoms with E-state index < -0.39 is 0 Å². The van der Waals surface area contributed by atoms with E-state index in [4.69, 9.17) is 4.74 Å². The van der Waals surface area contributed by atoms with E-state index >= 15 is 0 Å². The smallest absolute Gasteiger partial charge is 0.251 e. The van der Waals surface area contributed by atoms with Crippen molar-refractivity contribution in [1.82, 2.24) is 10.6 Å². The van der Waals surface area contributed by atoms with Gasteiger partial charge in [0.05, 0.1) is 12.2 Å². The first-order chi connectivity index (χ1) is 10.1. The van der Waals surface area contributed by atoms with E-state index in [1.165, 1.54) is 0 Å². The Bertz CT molecular complexity index is 461. The minimum absolute atomic E-state index is 0.0851. The van der Waals surface area contributed by atoms with Gasteiger partial charge in [-0.15, -0.1) is 0 Å². The van der Waals surface area contributed by atoms with Crippen LogP contribution in [-0.2, 0) is 0 Å². The van der Waals surface area contributed by atoms with Gasteiger partial charge in [0.25, 0.3) is 5.91 Å². The summed E-state index contributed by atoms with van der Waals surface area (Å²) in [5.74, 6) is 0.738. The molecule has 2 rings (SSSR count). The number of aliphatic hydroxyl groups excluding tert-OH is 1. The fraction of sp³-hybridized carbons (Fsp3) is 0.562. The Labute approximate surface area is 125 Å². The van der Waals surface area contributed by atoms with Crippen LogP contribution in [0, 0.1) is 5.92 Å². The zero-order valence-corrected chi connectivity index (χ0v) is 12.6. The molecule has 0 aromatic heterocycles. The number of carbonyl (C=O) groups excluding carboxylic acids is 1. The van der Waals surface area contributed by atoms with Crippen LogP contribution in [0.5, 0.6) is 5.75 Å². The van der Waals surface area contributed by atoms with Crippen molar-refractivity contribution in [3.8, 4) is 5.75 Å². The van der Waals surface area contributed by atoms with Crippen molar-refractivity contribution in [2.45, 2.75) is 32.5 Å². The second-order valence-corrected chi connectivity index (χ2v) is 5.56. The quantitative estimate of drug-likeness (QED) is 0.736. The SMILES string of the molecule is CCC(C)Oc1ccc(C(=O)NCC2CNCC2O)cc1. The molecule has 21 heavy (non-hydrogen) atoms. The molecule has 3 unspecified atom stereocenters. The molecule has 5 nitrogen and oxygen atoms in total. The van der Waals surface area contributed by atoms with Crippen LogP contribution in [0.15, 0.2) is 24.3 Å². The van der Waals surface area contributed by atoms with E-state index in [9.17, 15) is 9.90 Å². The second kappa shape index (κ2) is 7.43. The van der Waals surface area contributed by atoms with Crippen molar-refractivity contribution in [2.24, 2.45) is 5.92 Å². The van der Waals surface area contributed by atoms with Gasteiger partial charge in [0.15, 0.2) is 0 Å². The molecule has 1 aromatic rings. The predicted octanol–water partition coefficient (Wildman–Crippen LogP) is 1.17. The van der Waals surface area contributed by atoms with Gasteiger partial charge < -0.3 is 20.5 Å². The number of aliphatic hydroxyl groups is 1. The number of amides is 1. The van der Waals surface area contributed by atoms with Gasteiger partial charge in [-0.25, -0.2) is 0 Å². The molecule has 0 bridgehead atoms. The maximum atomic E-state index is 12.0. The summed E-state index contributed by atoms with van der Waals surface area (Å²) < 4.78 is 5.68. The van der Waals surface area contributed by atoms with E-state index in [0.717, 1.165) is 18.7 Å². The molecule has 0 spiro atoms. The van der Waals surface area contributed by atoms with E-state index in [1.807, 2.05) is 19.1 Å². The molecule has 1 aliphatic rings. The molecule has 0 aliphatic carbocycles. The molecule has 116 valence electrons. The molecule has 0 radical (unpaired) electrons. The van der Waals surface area contributed by atoms with Gasteiger partial charge in [-0.05, 0) is 37.6 Å². The van der Waals surface area contributed by atoms with Crippen molar-refractivity contribution in [1.29, 1.82) is 0 Å². The highest BCUT2D eigenvalue weighted by molar-refractivity contribution is 5.94. The summed E-state index contributed by atoms with van der Waals surface area (Å²) in [6, 6.07) is 7.15. The molecule has 3 N–H and O–H groups in total. The fourth-order valence-corrected chi connectivity index (χ4v) is 2.25. The van der Waals surface area contributed by atoms with Gasteiger partial charge in [0.2, 0.25) is 0 Å². The van der Waals surface area contributed by atoms with Crippen LogP contribution < -0.4 is 15.4 Å². The van der Waals surface area contributed by atoms with Crippen LogP contribution in [0.3, 0.4) is 0 Å². The molecule has 1 amide bonds. The number of carbonyl (C=O) groups is 1. The third-order valence-electron chi connectivity index (χ3n) is 3.86. The van der Waals surface area contributed by atoms with Crippen LogP contribution >= 0.6 is 0 Å². The first-order valence-corrected chi connectivity index (χ1v) is 7.53. The number of nitrogens with one attached hydrogen (secondary N) is 2. The van der Waals surface area contributed by atoms with Crippen LogP contribution in [-0.4, -0.2) is 42.9 Å². The lowest BCUT2D eigenvalue weighted by atomic mass is 10.1. The van der Waals surface area contributed by atoms with Crippen LogP contribution in [0.1, 0.15) is 30.6 Å². The first kappa shape index (κ1) is 15.8. The summed E-state index contributed by atoms with van der Waals surface area (Å²) in [5.41, 5.74) is 0.604. The topological polar surface area (TPSA) is 70.6 Å². The largest absolute Gasteiger partial charge is 0.491 e. The van der Waals surface area contributed by atoms with E-state index in [-0.39, 0.29) is 24.0 Å². The molecule has 3 atom stereocenters. The normalized spacial score (nSPS) is 22.8. The average molecular weight is 292 g/mol. The van der Waals surface area contributed by atoms with Crippen LogP contribution in [0.25, 0.3) is 0 Å². The summed E-state index contributed by atoms with van der Waals surface area (Å²) in [6.07, 6.45) is 0.734.